The maximum atomic E-state index is 12.8. The van der Waals surface area contributed by atoms with Crippen LogP contribution in [-0.2, 0) is 12.7 Å². The lowest BCUT2D eigenvalue weighted by atomic mass is 10.2. The fourth-order valence-electron chi connectivity index (χ4n) is 2.59. The van der Waals surface area contributed by atoms with Crippen LogP contribution < -0.4 is 20.1 Å². The van der Waals surface area contributed by atoms with E-state index in [0.29, 0.717) is 18.0 Å². The average Bonchev–Trinajstić information content (AvgIpc) is 3.14. The van der Waals surface area contributed by atoms with Crippen molar-refractivity contribution in [2.24, 2.45) is 0 Å². The Labute approximate surface area is 157 Å². The number of nitrogens with one attached hydrogen (secondary N) is 2. The number of ether oxygens (including phenoxy) is 2. The van der Waals surface area contributed by atoms with Crippen molar-refractivity contribution >= 4 is 17.5 Å². The molecule has 0 saturated heterocycles. The van der Waals surface area contributed by atoms with Crippen molar-refractivity contribution in [2.75, 3.05) is 17.4 Å². The third-order valence-corrected chi connectivity index (χ3v) is 3.91. The number of benzene rings is 2. The van der Waals surface area contributed by atoms with Crippen LogP contribution in [0.4, 0.5) is 30.6 Å². The summed E-state index contributed by atoms with van der Waals surface area (Å²) in [4.78, 5) is 4.21. The molecule has 4 rings (SSSR count). The standard InChI is InChI=1S/C18H14F3N5O2/c19-18(20,21)12-2-1-3-13(7-12)24-16-9-23-26-17(25-16)22-8-11-4-5-14-15(6-11)28-10-27-14/h1-7,9H,8,10H2,(H2,22,24,25,26). The van der Waals surface area contributed by atoms with Gasteiger partial charge in [0.2, 0.25) is 12.7 Å². The summed E-state index contributed by atoms with van der Waals surface area (Å²) in [6, 6.07) is 10.4. The molecule has 3 aromatic rings. The molecule has 0 spiro atoms. The van der Waals surface area contributed by atoms with E-state index in [1.54, 1.807) is 0 Å². The smallest absolute Gasteiger partial charge is 0.416 e. The molecule has 0 amide bonds. The van der Waals surface area contributed by atoms with Crippen molar-refractivity contribution in [1.29, 1.82) is 0 Å². The van der Waals surface area contributed by atoms with Crippen LogP contribution in [0, 0.1) is 0 Å². The molecule has 0 fully saturated rings. The normalized spacial score (nSPS) is 12.7. The molecule has 1 aliphatic heterocycles. The summed E-state index contributed by atoms with van der Waals surface area (Å²) in [6.45, 7) is 0.605. The van der Waals surface area contributed by atoms with Gasteiger partial charge in [0.25, 0.3) is 0 Å². The molecule has 1 aromatic heterocycles. The summed E-state index contributed by atoms with van der Waals surface area (Å²) in [6.07, 6.45) is -3.09. The van der Waals surface area contributed by atoms with Crippen LogP contribution >= 0.6 is 0 Å². The summed E-state index contributed by atoms with van der Waals surface area (Å²) in [5.74, 6) is 1.85. The van der Waals surface area contributed by atoms with Gasteiger partial charge in [-0.1, -0.05) is 12.1 Å². The van der Waals surface area contributed by atoms with E-state index in [0.717, 1.165) is 17.7 Å². The van der Waals surface area contributed by atoms with Gasteiger partial charge in [-0.25, -0.2) is 0 Å². The summed E-state index contributed by atoms with van der Waals surface area (Å²) >= 11 is 0. The minimum atomic E-state index is -4.42. The first-order valence-corrected chi connectivity index (χ1v) is 8.24. The zero-order valence-corrected chi connectivity index (χ0v) is 14.3. The van der Waals surface area contributed by atoms with E-state index in [9.17, 15) is 13.2 Å². The molecule has 2 heterocycles. The van der Waals surface area contributed by atoms with Gasteiger partial charge in [-0.15, -0.1) is 5.10 Å². The van der Waals surface area contributed by atoms with Crippen molar-refractivity contribution in [2.45, 2.75) is 12.7 Å². The van der Waals surface area contributed by atoms with Crippen LogP contribution in [0.15, 0.2) is 48.7 Å². The number of halogens is 3. The van der Waals surface area contributed by atoms with Gasteiger partial charge in [0.15, 0.2) is 17.3 Å². The van der Waals surface area contributed by atoms with Gasteiger partial charge in [-0.2, -0.15) is 23.3 Å². The molecule has 0 atom stereocenters. The maximum absolute atomic E-state index is 12.8. The second-order valence-corrected chi connectivity index (χ2v) is 5.91. The number of rotatable bonds is 5. The van der Waals surface area contributed by atoms with Crippen LogP contribution in [-0.4, -0.2) is 22.0 Å². The molecular weight excluding hydrogens is 375 g/mol. The molecule has 10 heteroatoms. The quantitative estimate of drug-likeness (QED) is 0.683. The van der Waals surface area contributed by atoms with Crippen LogP contribution in [0.25, 0.3) is 0 Å². The minimum Gasteiger partial charge on any atom is -0.454 e. The van der Waals surface area contributed by atoms with Gasteiger partial charge < -0.3 is 20.1 Å². The SMILES string of the molecule is FC(F)(F)c1cccc(Nc2cnnc(NCc3ccc4c(c3)OCO4)n2)c1. The van der Waals surface area contributed by atoms with E-state index in [1.165, 1.54) is 18.3 Å². The molecule has 0 bridgehead atoms. The molecular formula is C18H14F3N5O2. The Morgan fingerprint density at radius 2 is 1.89 bits per heavy atom. The predicted octanol–water partition coefficient (Wildman–Crippen LogP) is 3.97. The highest BCUT2D eigenvalue weighted by molar-refractivity contribution is 5.57. The monoisotopic (exact) mass is 389 g/mol. The van der Waals surface area contributed by atoms with E-state index in [4.69, 9.17) is 9.47 Å². The highest BCUT2D eigenvalue weighted by atomic mass is 19.4. The number of hydrogen-bond acceptors (Lipinski definition) is 7. The number of fused-ring (bicyclic) bond motifs is 1. The zero-order valence-electron chi connectivity index (χ0n) is 14.3. The van der Waals surface area contributed by atoms with E-state index in [1.807, 2.05) is 18.2 Å². The Kier molecular flexibility index (Phi) is 4.60. The summed E-state index contributed by atoms with van der Waals surface area (Å²) in [5, 5.41) is 13.5. The van der Waals surface area contributed by atoms with Crippen LogP contribution in [0.5, 0.6) is 11.5 Å². The van der Waals surface area contributed by atoms with Crippen molar-refractivity contribution in [3.05, 3.63) is 59.8 Å². The van der Waals surface area contributed by atoms with Crippen molar-refractivity contribution in [1.82, 2.24) is 15.2 Å². The first-order valence-electron chi connectivity index (χ1n) is 8.24. The Bertz CT molecular complexity index is 997. The molecule has 0 saturated carbocycles. The van der Waals surface area contributed by atoms with Crippen molar-refractivity contribution in [3.63, 3.8) is 0 Å². The lowest BCUT2D eigenvalue weighted by molar-refractivity contribution is -0.137. The maximum Gasteiger partial charge on any atom is 0.416 e. The van der Waals surface area contributed by atoms with E-state index in [-0.39, 0.29) is 24.2 Å². The molecule has 144 valence electrons. The third kappa shape index (κ3) is 4.05. The fourth-order valence-corrected chi connectivity index (χ4v) is 2.59. The zero-order chi connectivity index (χ0) is 19.6. The largest absolute Gasteiger partial charge is 0.454 e. The number of nitrogens with zero attached hydrogens (tertiary/aromatic N) is 3. The Morgan fingerprint density at radius 3 is 2.75 bits per heavy atom. The molecule has 7 nitrogen and oxygen atoms in total. The minimum absolute atomic E-state index is 0.197. The van der Waals surface area contributed by atoms with Gasteiger partial charge >= 0.3 is 6.18 Å². The second-order valence-electron chi connectivity index (χ2n) is 5.91. The first-order chi connectivity index (χ1) is 13.5. The molecule has 2 aromatic carbocycles. The summed E-state index contributed by atoms with van der Waals surface area (Å²) in [5.41, 5.74) is 0.418. The molecule has 0 aliphatic carbocycles. The number of hydrogen-bond donors (Lipinski definition) is 2. The Hall–Kier alpha value is -3.56. The first kappa shape index (κ1) is 17.8. The Morgan fingerprint density at radius 1 is 1.04 bits per heavy atom. The predicted molar refractivity (Wildman–Crippen MR) is 94.4 cm³/mol. The van der Waals surface area contributed by atoms with Gasteiger partial charge in [-0.05, 0) is 35.9 Å². The molecule has 2 N–H and O–H groups in total. The summed E-state index contributed by atoms with van der Waals surface area (Å²) < 4.78 is 49.1. The van der Waals surface area contributed by atoms with E-state index < -0.39 is 11.7 Å². The van der Waals surface area contributed by atoms with Gasteiger partial charge in [0.1, 0.15) is 0 Å². The Balaban J connectivity index is 1.43. The van der Waals surface area contributed by atoms with Gasteiger partial charge in [0.05, 0.1) is 11.8 Å². The average molecular weight is 389 g/mol. The highest BCUT2D eigenvalue weighted by Crippen LogP contribution is 2.33. The molecule has 0 unspecified atom stereocenters. The lowest BCUT2D eigenvalue weighted by Gasteiger charge is -2.11. The molecule has 0 radical (unpaired) electrons. The number of anilines is 3. The van der Waals surface area contributed by atoms with Crippen molar-refractivity contribution < 1.29 is 22.6 Å². The third-order valence-electron chi connectivity index (χ3n) is 3.91. The topological polar surface area (TPSA) is 81.2 Å². The molecule has 28 heavy (non-hydrogen) atoms. The van der Waals surface area contributed by atoms with Crippen LogP contribution in [0.3, 0.4) is 0 Å². The molecule has 1 aliphatic rings. The highest BCUT2D eigenvalue weighted by Gasteiger charge is 2.30. The van der Waals surface area contributed by atoms with E-state index >= 15 is 0 Å². The van der Waals surface area contributed by atoms with Crippen LogP contribution in [0.2, 0.25) is 0 Å². The second kappa shape index (κ2) is 7.22. The van der Waals surface area contributed by atoms with Crippen LogP contribution in [0.1, 0.15) is 11.1 Å². The van der Waals surface area contributed by atoms with Crippen molar-refractivity contribution in [3.8, 4) is 11.5 Å². The number of aromatic nitrogens is 3. The summed E-state index contributed by atoms with van der Waals surface area (Å²) in [7, 11) is 0. The van der Waals surface area contributed by atoms with Gasteiger partial charge in [-0.3, -0.25) is 0 Å². The van der Waals surface area contributed by atoms with Gasteiger partial charge in [0, 0.05) is 12.2 Å². The fraction of sp³-hybridized carbons (Fsp3) is 0.167. The lowest BCUT2D eigenvalue weighted by Crippen LogP contribution is -2.07. The van der Waals surface area contributed by atoms with E-state index in [2.05, 4.69) is 25.8 Å². The number of alkyl halides is 3.